The normalized spacial score (nSPS) is 13.8. The third-order valence-corrected chi connectivity index (χ3v) is 6.55. The van der Waals surface area contributed by atoms with Crippen LogP contribution in [0.5, 0.6) is 11.5 Å². The van der Waals surface area contributed by atoms with Gasteiger partial charge in [-0.1, -0.05) is 43.7 Å². The van der Waals surface area contributed by atoms with Crippen LogP contribution in [0.4, 0.5) is 0 Å². The van der Waals surface area contributed by atoms with Crippen LogP contribution in [-0.2, 0) is 24.4 Å². The highest BCUT2D eigenvalue weighted by atomic mass is 16.6. The molecule has 1 aliphatic rings. The number of rotatable bonds is 11. The minimum atomic E-state index is -0.128. The van der Waals surface area contributed by atoms with E-state index in [1.807, 2.05) is 36.4 Å². The number of benzene rings is 2. The van der Waals surface area contributed by atoms with Crippen LogP contribution >= 0.6 is 0 Å². The molecule has 0 radical (unpaired) electrons. The summed E-state index contributed by atoms with van der Waals surface area (Å²) in [5, 5.41) is 13.5. The Bertz CT molecular complexity index is 1390. The first-order valence-corrected chi connectivity index (χ1v) is 12.6. The minimum Gasteiger partial charge on any atom is -0.486 e. The molecule has 0 saturated heterocycles. The van der Waals surface area contributed by atoms with Gasteiger partial charge >= 0.3 is 0 Å². The molecule has 0 aliphatic carbocycles. The van der Waals surface area contributed by atoms with Crippen molar-refractivity contribution in [1.82, 2.24) is 30.1 Å². The predicted octanol–water partition coefficient (Wildman–Crippen LogP) is 3.48. The second-order valence-corrected chi connectivity index (χ2v) is 9.15. The molecule has 0 amide bonds. The molecule has 1 atom stereocenters. The van der Waals surface area contributed by atoms with Crippen molar-refractivity contribution in [3.8, 4) is 11.5 Å². The topological polar surface area (TPSA) is 107 Å². The molecular weight excluding hydrogens is 472 g/mol. The first-order chi connectivity index (χ1) is 18.2. The van der Waals surface area contributed by atoms with Crippen molar-refractivity contribution in [1.29, 1.82) is 0 Å². The summed E-state index contributed by atoms with van der Waals surface area (Å²) in [6.45, 7) is 5.29. The summed E-state index contributed by atoms with van der Waals surface area (Å²) >= 11 is 0. The molecule has 1 aliphatic heterocycles. The predicted molar refractivity (Wildman–Crippen MR) is 139 cm³/mol. The highest BCUT2D eigenvalue weighted by Crippen LogP contribution is 2.34. The number of pyridine rings is 1. The van der Waals surface area contributed by atoms with Crippen molar-refractivity contribution in [3.63, 3.8) is 0 Å². The second-order valence-electron chi connectivity index (χ2n) is 9.15. The molecule has 5 rings (SSSR count). The molecule has 0 spiro atoms. The third-order valence-electron chi connectivity index (χ3n) is 6.55. The fourth-order valence-electron chi connectivity index (χ4n) is 4.75. The SMILES string of the molecule is CCC[C@H](c1nnnn1CCOC)N(Cc1ccccc1)Cc1cc2cc3c(cc2[nH]c1=O)OCCO3. The van der Waals surface area contributed by atoms with Gasteiger partial charge in [0.1, 0.15) is 13.2 Å². The van der Waals surface area contributed by atoms with Crippen LogP contribution in [0.15, 0.2) is 53.3 Å². The van der Waals surface area contributed by atoms with Crippen molar-refractivity contribution < 1.29 is 14.2 Å². The van der Waals surface area contributed by atoms with Gasteiger partial charge in [0.15, 0.2) is 17.3 Å². The Morgan fingerprint density at radius 3 is 2.65 bits per heavy atom. The summed E-state index contributed by atoms with van der Waals surface area (Å²) in [5.41, 5.74) is 2.41. The molecule has 1 N–H and O–H groups in total. The lowest BCUT2D eigenvalue weighted by Crippen LogP contribution is -2.33. The van der Waals surface area contributed by atoms with Gasteiger partial charge in [0.05, 0.1) is 24.7 Å². The zero-order chi connectivity index (χ0) is 25.6. The number of hydrogen-bond donors (Lipinski definition) is 1. The Balaban J connectivity index is 1.53. The number of fused-ring (bicyclic) bond motifs is 2. The number of ether oxygens (including phenoxy) is 3. The Labute approximate surface area is 215 Å². The zero-order valence-electron chi connectivity index (χ0n) is 21.2. The maximum Gasteiger partial charge on any atom is 0.252 e. The van der Waals surface area contributed by atoms with Crippen molar-refractivity contribution >= 4 is 10.9 Å². The first kappa shape index (κ1) is 24.9. The molecule has 2 aromatic carbocycles. The lowest BCUT2D eigenvalue weighted by molar-refractivity contribution is 0.147. The van der Waals surface area contributed by atoms with E-state index in [0.717, 1.165) is 35.1 Å². The Kier molecular flexibility index (Phi) is 7.76. The van der Waals surface area contributed by atoms with Crippen LogP contribution in [0.25, 0.3) is 10.9 Å². The number of methoxy groups -OCH3 is 1. The standard InChI is InChI=1S/C27H32N6O4/c1-3-7-23(26-29-30-31-33(26)10-11-35-2)32(17-19-8-5-4-6-9-19)18-21-14-20-15-24-25(37-13-12-36-24)16-22(20)28-27(21)34/h4-6,8-9,14-16,23H,3,7,10-13,17-18H2,1-2H3,(H,28,34)/t23-/m1/s1. The fraction of sp³-hybridized carbons (Fsp3) is 0.407. The van der Waals surface area contributed by atoms with Crippen LogP contribution in [-0.4, -0.2) is 57.0 Å². The van der Waals surface area contributed by atoms with E-state index >= 15 is 0 Å². The number of nitrogens with zero attached hydrogens (tertiary/aromatic N) is 5. The van der Waals surface area contributed by atoms with E-state index in [1.165, 1.54) is 0 Å². The Hall–Kier alpha value is -3.76. The van der Waals surface area contributed by atoms with Crippen LogP contribution in [0, 0.1) is 0 Å². The van der Waals surface area contributed by atoms with Crippen molar-refractivity contribution in [2.24, 2.45) is 0 Å². The third kappa shape index (κ3) is 5.65. The van der Waals surface area contributed by atoms with Crippen molar-refractivity contribution in [3.05, 3.63) is 75.8 Å². The largest absolute Gasteiger partial charge is 0.486 e. The molecule has 0 fully saturated rings. The molecular formula is C27H32N6O4. The van der Waals surface area contributed by atoms with Gasteiger partial charge in [-0.25, -0.2) is 4.68 Å². The summed E-state index contributed by atoms with van der Waals surface area (Å²) in [7, 11) is 1.66. The summed E-state index contributed by atoms with van der Waals surface area (Å²) in [5.74, 6) is 2.12. The Morgan fingerprint density at radius 1 is 1.11 bits per heavy atom. The first-order valence-electron chi connectivity index (χ1n) is 12.6. The zero-order valence-corrected chi connectivity index (χ0v) is 21.2. The molecule has 0 bridgehead atoms. The van der Waals surface area contributed by atoms with E-state index in [9.17, 15) is 4.79 Å². The van der Waals surface area contributed by atoms with Crippen molar-refractivity contribution in [2.45, 2.75) is 45.4 Å². The van der Waals surface area contributed by atoms with Gasteiger partial charge in [-0.3, -0.25) is 9.69 Å². The minimum absolute atomic E-state index is 0.0903. The van der Waals surface area contributed by atoms with Crippen LogP contribution in [0.3, 0.4) is 0 Å². The molecule has 10 nitrogen and oxygen atoms in total. The average molecular weight is 505 g/mol. The van der Waals surface area contributed by atoms with E-state index < -0.39 is 0 Å². The monoisotopic (exact) mass is 504 g/mol. The van der Waals surface area contributed by atoms with Crippen LogP contribution in [0.2, 0.25) is 0 Å². The highest BCUT2D eigenvalue weighted by Gasteiger charge is 2.27. The average Bonchev–Trinajstić information content (AvgIpc) is 3.38. The number of nitrogens with one attached hydrogen (secondary N) is 1. The second kappa shape index (κ2) is 11.5. The smallest absolute Gasteiger partial charge is 0.252 e. The molecule has 3 heterocycles. The molecule has 0 saturated carbocycles. The summed E-state index contributed by atoms with van der Waals surface area (Å²) in [6.07, 6.45) is 1.77. The lowest BCUT2D eigenvalue weighted by atomic mass is 10.1. The van der Waals surface area contributed by atoms with Crippen LogP contribution in [0.1, 0.15) is 42.8 Å². The van der Waals surface area contributed by atoms with Gasteiger partial charge in [-0.05, 0) is 34.5 Å². The maximum atomic E-state index is 13.2. The van der Waals surface area contributed by atoms with Gasteiger partial charge in [0, 0.05) is 37.2 Å². The number of aromatic amines is 1. The molecule has 194 valence electrons. The maximum absolute atomic E-state index is 13.2. The van der Waals surface area contributed by atoms with E-state index in [0.29, 0.717) is 56.5 Å². The summed E-state index contributed by atoms with van der Waals surface area (Å²) < 4.78 is 18.5. The number of H-pyrrole nitrogens is 1. The van der Waals surface area contributed by atoms with Gasteiger partial charge < -0.3 is 19.2 Å². The fourth-order valence-corrected chi connectivity index (χ4v) is 4.75. The molecule has 37 heavy (non-hydrogen) atoms. The van der Waals surface area contributed by atoms with Gasteiger partial charge in [-0.15, -0.1) is 5.10 Å². The van der Waals surface area contributed by atoms with Crippen LogP contribution < -0.4 is 15.0 Å². The number of aromatic nitrogens is 5. The highest BCUT2D eigenvalue weighted by molar-refractivity contribution is 5.83. The molecule has 2 aromatic heterocycles. The Morgan fingerprint density at radius 2 is 1.89 bits per heavy atom. The molecule has 4 aromatic rings. The van der Waals surface area contributed by atoms with E-state index in [4.69, 9.17) is 14.2 Å². The van der Waals surface area contributed by atoms with Gasteiger partial charge in [0.2, 0.25) is 0 Å². The van der Waals surface area contributed by atoms with Gasteiger partial charge in [-0.2, -0.15) is 0 Å². The van der Waals surface area contributed by atoms with Gasteiger partial charge in [0.25, 0.3) is 5.56 Å². The summed E-state index contributed by atoms with van der Waals surface area (Å²) in [4.78, 5) is 18.6. The molecule has 0 unspecified atom stereocenters. The van der Waals surface area contributed by atoms with E-state index in [-0.39, 0.29) is 11.6 Å². The number of tetrazole rings is 1. The quantitative estimate of drug-likeness (QED) is 0.331. The number of hydrogen-bond acceptors (Lipinski definition) is 8. The van der Waals surface area contributed by atoms with E-state index in [2.05, 4.69) is 44.5 Å². The summed E-state index contributed by atoms with van der Waals surface area (Å²) in [6, 6.07) is 15.9. The van der Waals surface area contributed by atoms with E-state index in [1.54, 1.807) is 11.8 Å². The molecule has 10 heteroatoms. The lowest BCUT2D eigenvalue weighted by Gasteiger charge is -2.31. The van der Waals surface area contributed by atoms with Crippen molar-refractivity contribution in [2.75, 3.05) is 26.9 Å².